The molecule has 0 bridgehead atoms. The Kier molecular flexibility index (Phi) is 6.53. The Morgan fingerprint density at radius 3 is 2.48 bits per heavy atom. The molecular formula is C15H12Cl2F3N3OS. The first kappa shape index (κ1) is 19.8. The van der Waals surface area contributed by atoms with Crippen molar-refractivity contribution in [1.82, 2.24) is 9.97 Å². The highest BCUT2D eigenvalue weighted by Gasteiger charge is 2.28. The van der Waals surface area contributed by atoms with Crippen LogP contribution in [-0.4, -0.2) is 34.7 Å². The molecule has 0 saturated carbocycles. The third-order valence-corrected chi connectivity index (χ3v) is 4.27. The average Bonchev–Trinajstić information content (AvgIpc) is 2.53. The van der Waals surface area contributed by atoms with Gasteiger partial charge in [0, 0.05) is 18.2 Å². The molecule has 10 heteroatoms. The number of carbonyl (C=O) groups is 1. The highest BCUT2D eigenvalue weighted by Crippen LogP contribution is 2.27. The molecule has 1 aromatic carbocycles. The smallest absolute Gasteiger partial charge is 0.361 e. The summed E-state index contributed by atoms with van der Waals surface area (Å²) in [7, 11) is 0. The van der Waals surface area contributed by atoms with E-state index >= 15 is 0 Å². The van der Waals surface area contributed by atoms with E-state index in [4.69, 9.17) is 23.2 Å². The summed E-state index contributed by atoms with van der Waals surface area (Å²) in [5, 5.41) is 2.84. The van der Waals surface area contributed by atoms with Crippen LogP contribution in [0.15, 0.2) is 29.6 Å². The van der Waals surface area contributed by atoms with Crippen LogP contribution in [0.25, 0.3) is 0 Å². The van der Waals surface area contributed by atoms with Gasteiger partial charge in [0.25, 0.3) is 0 Å². The number of aromatic nitrogens is 2. The lowest BCUT2D eigenvalue weighted by atomic mass is 10.0. The Labute approximate surface area is 156 Å². The highest BCUT2D eigenvalue weighted by molar-refractivity contribution is 7.98. The van der Waals surface area contributed by atoms with Crippen LogP contribution in [0.2, 0.25) is 10.0 Å². The zero-order valence-electron chi connectivity index (χ0n) is 12.8. The molecule has 0 aliphatic heterocycles. The number of benzene rings is 1. The zero-order valence-corrected chi connectivity index (χ0v) is 15.2. The number of carbonyl (C=O) groups excluding carboxylic acids is 1. The quantitative estimate of drug-likeness (QED) is 0.417. The van der Waals surface area contributed by atoms with E-state index in [1.54, 1.807) is 12.3 Å². The van der Waals surface area contributed by atoms with Crippen molar-refractivity contribution in [3.05, 3.63) is 45.6 Å². The summed E-state index contributed by atoms with van der Waals surface area (Å²) in [4.78, 5) is 20.5. The number of Topliss-reactive ketones (excluding diaryl/α,β-unsaturated/α-hetero) is 1. The molecule has 1 N–H and O–H groups in total. The zero-order chi connectivity index (χ0) is 18.6. The van der Waals surface area contributed by atoms with Crippen molar-refractivity contribution in [1.29, 1.82) is 0 Å². The first-order chi connectivity index (χ1) is 11.7. The van der Waals surface area contributed by atoms with Gasteiger partial charge in [-0.05, 0) is 18.4 Å². The van der Waals surface area contributed by atoms with Gasteiger partial charge in [-0.1, -0.05) is 41.0 Å². The number of hydrogen-bond acceptors (Lipinski definition) is 5. The van der Waals surface area contributed by atoms with E-state index < -0.39 is 18.5 Å². The van der Waals surface area contributed by atoms with E-state index in [1.165, 1.54) is 30.1 Å². The topological polar surface area (TPSA) is 54.9 Å². The predicted molar refractivity (Wildman–Crippen MR) is 92.9 cm³/mol. The number of ketones is 1. The SMILES string of the molecule is CSc1ncc(CC(=O)c2c(Cl)cccc2Cl)c(NCC(F)(F)F)n1. The van der Waals surface area contributed by atoms with Crippen LogP contribution in [0.1, 0.15) is 15.9 Å². The van der Waals surface area contributed by atoms with Gasteiger partial charge >= 0.3 is 6.18 Å². The van der Waals surface area contributed by atoms with Crippen LogP contribution in [0.4, 0.5) is 19.0 Å². The fourth-order valence-corrected chi connectivity index (χ4v) is 2.93. The van der Waals surface area contributed by atoms with Gasteiger partial charge in [0.05, 0.1) is 15.6 Å². The lowest BCUT2D eigenvalue weighted by molar-refractivity contribution is -0.115. The molecular weight excluding hydrogens is 398 g/mol. The van der Waals surface area contributed by atoms with Gasteiger partial charge in [0.1, 0.15) is 12.4 Å². The number of anilines is 1. The average molecular weight is 410 g/mol. The van der Waals surface area contributed by atoms with Crippen LogP contribution >= 0.6 is 35.0 Å². The van der Waals surface area contributed by atoms with Crippen LogP contribution < -0.4 is 5.32 Å². The van der Waals surface area contributed by atoms with Gasteiger partial charge < -0.3 is 5.32 Å². The number of halogens is 5. The lowest BCUT2D eigenvalue weighted by Crippen LogP contribution is -2.23. The minimum Gasteiger partial charge on any atom is -0.361 e. The normalized spacial score (nSPS) is 11.4. The molecule has 4 nitrogen and oxygen atoms in total. The second-order valence-electron chi connectivity index (χ2n) is 4.90. The fraction of sp³-hybridized carbons (Fsp3) is 0.267. The number of rotatable bonds is 6. The Hall–Kier alpha value is -1.51. The first-order valence-corrected chi connectivity index (χ1v) is 8.87. The Morgan fingerprint density at radius 2 is 1.92 bits per heavy atom. The molecule has 0 aliphatic rings. The van der Waals surface area contributed by atoms with E-state index in [0.29, 0.717) is 0 Å². The molecule has 2 rings (SSSR count). The Morgan fingerprint density at radius 1 is 1.28 bits per heavy atom. The summed E-state index contributed by atoms with van der Waals surface area (Å²) in [5.74, 6) is -0.487. The summed E-state index contributed by atoms with van der Waals surface area (Å²) in [6, 6.07) is 4.61. The molecule has 1 heterocycles. The molecule has 134 valence electrons. The summed E-state index contributed by atoms with van der Waals surface area (Å²) in [5.41, 5.74) is 0.338. The Bertz CT molecular complexity index is 767. The van der Waals surface area contributed by atoms with E-state index in [0.717, 1.165) is 0 Å². The summed E-state index contributed by atoms with van der Waals surface area (Å²) >= 11 is 13.2. The maximum Gasteiger partial charge on any atom is 0.405 e. The van der Waals surface area contributed by atoms with Crippen molar-refractivity contribution in [2.75, 3.05) is 18.1 Å². The third-order valence-electron chi connectivity index (χ3n) is 3.07. The molecule has 25 heavy (non-hydrogen) atoms. The molecule has 0 aliphatic carbocycles. The van der Waals surface area contributed by atoms with Crippen LogP contribution in [0.3, 0.4) is 0 Å². The summed E-state index contributed by atoms with van der Waals surface area (Å²) in [6.07, 6.45) is -1.65. The monoisotopic (exact) mass is 409 g/mol. The maximum absolute atomic E-state index is 12.5. The van der Waals surface area contributed by atoms with Crippen molar-refractivity contribution >= 4 is 46.6 Å². The summed E-state index contributed by atoms with van der Waals surface area (Å²) in [6.45, 7) is -1.27. The van der Waals surface area contributed by atoms with Crippen molar-refractivity contribution < 1.29 is 18.0 Å². The van der Waals surface area contributed by atoms with Crippen molar-refractivity contribution in [3.63, 3.8) is 0 Å². The molecule has 0 amide bonds. The van der Waals surface area contributed by atoms with Crippen molar-refractivity contribution in [2.45, 2.75) is 17.8 Å². The molecule has 0 spiro atoms. The van der Waals surface area contributed by atoms with Gasteiger partial charge in [-0.2, -0.15) is 13.2 Å². The number of alkyl halides is 3. The standard InChI is InChI=1S/C15H12Cl2F3N3OS/c1-25-14-21-6-8(13(23-14)22-7-15(18,19)20)5-11(24)12-9(16)3-2-4-10(12)17/h2-4,6H,5,7H2,1H3,(H,21,22,23). The van der Waals surface area contributed by atoms with E-state index in [9.17, 15) is 18.0 Å². The molecule has 0 radical (unpaired) electrons. The third kappa shape index (κ3) is 5.49. The van der Waals surface area contributed by atoms with Gasteiger partial charge in [-0.3, -0.25) is 4.79 Å². The largest absolute Gasteiger partial charge is 0.405 e. The van der Waals surface area contributed by atoms with Gasteiger partial charge in [0.2, 0.25) is 0 Å². The minimum atomic E-state index is -4.42. The van der Waals surface area contributed by atoms with Crippen LogP contribution in [-0.2, 0) is 6.42 Å². The second-order valence-corrected chi connectivity index (χ2v) is 6.48. The fourth-order valence-electron chi connectivity index (χ4n) is 1.98. The van der Waals surface area contributed by atoms with E-state index in [-0.39, 0.29) is 38.6 Å². The molecule has 2 aromatic rings. The number of nitrogens with one attached hydrogen (secondary N) is 1. The molecule has 0 unspecified atom stereocenters. The molecule has 0 saturated heterocycles. The molecule has 1 aromatic heterocycles. The molecule has 0 atom stereocenters. The van der Waals surface area contributed by atoms with Gasteiger partial charge in [-0.25, -0.2) is 9.97 Å². The van der Waals surface area contributed by atoms with Crippen molar-refractivity contribution in [3.8, 4) is 0 Å². The number of nitrogens with zero attached hydrogens (tertiary/aromatic N) is 2. The van der Waals surface area contributed by atoms with Gasteiger partial charge in [-0.15, -0.1) is 0 Å². The van der Waals surface area contributed by atoms with Crippen molar-refractivity contribution in [2.24, 2.45) is 0 Å². The van der Waals surface area contributed by atoms with Crippen LogP contribution in [0.5, 0.6) is 0 Å². The maximum atomic E-state index is 12.5. The van der Waals surface area contributed by atoms with E-state index in [2.05, 4.69) is 15.3 Å². The predicted octanol–water partition coefficient (Wildman–Crippen LogP) is 4.90. The first-order valence-electron chi connectivity index (χ1n) is 6.89. The number of thioether (sulfide) groups is 1. The highest BCUT2D eigenvalue weighted by atomic mass is 35.5. The van der Waals surface area contributed by atoms with Crippen LogP contribution in [0, 0.1) is 0 Å². The molecule has 0 fully saturated rings. The minimum absolute atomic E-state index is 0.0480. The lowest BCUT2D eigenvalue weighted by Gasteiger charge is -2.13. The Balaban J connectivity index is 2.30. The van der Waals surface area contributed by atoms with Gasteiger partial charge in [0.15, 0.2) is 10.9 Å². The number of hydrogen-bond donors (Lipinski definition) is 1. The summed E-state index contributed by atoms with van der Waals surface area (Å²) < 4.78 is 37.4. The van der Waals surface area contributed by atoms with E-state index in [1.807, 2.05) is 0 Å². The second kappa shape index (κ2) is 8.25.